The van der Waals surface area contributed by atoms with E-state index in [1.165, 1.54) is 53.9 Å². The fourth-order valence-corrected chi connectivity index (χ4v) is 11.9. The molecule has 2 aromatic heterocycles. The van der Waals surface area contributed by atoms with Crippen LogP contribution in [-0.2, 0) is 5.41 Å². The van der Waals surface area contributed by atoms with Gasteiger partial charge in [-0.05, 0) is 93.0 Å². The molecule has 0 fully saturated rings. The molecular formula is C57H33N3S. The van der Waals surface area contributed by atoms with Crippen LogP contribution in [0.2, 0.25) is 0 Å². The summed E-state index contributed by atoms with van der Waals surface area (Å²) >= 11 is 1.90. The first-order valence-corrected chi connectivity index (χ1v) is 21.5. The van der Waals surface area contributed by atoms with Crippen molar-refractivity contribution >= 4 is 55.2 Å². The first-order chi connectivity index (χ1) is 30.2. The van der Waals surface area contributed by atoms with Gasteiger partial charge in [0.25, 0.3) is 0 Å². The van der Waals surface area contributed by atoms with Gasteiger partial charge in [-0.2, -0.15) is 5.26 Å². The predicted molar refractivity (Wildman–Crippen MR) is 251 cm³/mol. The highest BCUT2D eigenvalue weighted by atomic mass is 32.2. The third kappa shape index (κ3) is 4.73. The van der Waals surface area contributed by atoms with E-state index in [4.69, 9.17) is 4.98 Å². The second kappa shape index (κ2) is 12.9. The fraction of sp³-hybridized carbons (Fsp3) is 0.0175. The summed E-state index contributed by atoms with van der Waals surface area (Å²) in [7, 11) is 0. The van der Waals surface area contributed by atoms with Gasteiger partial charge in [0.15, 0.2) is 0 Å². The molecule has 61 heavy (non-hydrogen) atoms. The first-order valence-electron chi connectivity index (χ1n) is 20.7. The topological polar surface area (TPSA) is 41.6 Å². The van der Waals surface area contributed by atoms with Gasteiger partial charge in [0, 0.05) is 48.0 Å². The van der Waals surface area contributed by atoms with Crippen LogP contribution in [0.5, 0.6) is 0 Å². The molecule has 4 heteroatoms. The summed E-state index contributed by atoms with van der Waals surface area (Å²) in [5.41, 5.74) is 16.9. The molecule has 0 saturated carbocycles. The molecule has 3 heterocycles. The largest absolute Gasteiger partial charge is 0.309 e. The van der Waals surface area contributed by atoms with Crippen LogP contribution in [0.3, 0.4) is 0 Å². The van der Waals surface area contributed by atoms with Crippen molar-refractivity contribution in [1.29, 1.82) is 5.26 Å². The van der Waals surface area contributed by atoms with Gasteiger partial charge in [0.05, 0.1) is 39.3 Å². The van der Waals surface area contributed by atoms with Gasteiger partial charge in [0.2, 0.25) is 0 Å². The molecule has 1 spiro atoms. The molecule has 0 bridgehead atoms. The molecule has 3 nitrogen and oxygen atoms in total. The highest BCUT2D eigenvalue weighted by Gasteiger charge is 2.50. The molecule has 13 rings (SSSR count). The maximum absolute atomic E-state index is 9.60. The van der Waals surface area contributed by atoms with Crippen LogP contribution in [0.1, 0.15) is 27.8 Å². The molecule has 0 unspecified atom stereocenters. The maximum atomic E-state index is 9.60. The summed E-state index contributed by atoms with van der Waals surface area (Å²) in [6.07, 6.45) is 0. The highest BCUT2D eigenvalue weighted by molar-refractivity contribution is 7.99. The smallest absolute Gasteiger partial charge is 0.0991 e. The van der Waals surface area contributed by atoms with E-state index in [0.29, 0.717) is 5.56 Å². The van der Waals surface area contributed by atoms with Crippen molar-refractivity contribution in [2.75, 3.05) is 0 Å². The molecule has 0 radical (unpaired) electrons. The number of para-hydroxylation sites is 2. The molecule has 0 amide bonds. The summed E-state index contributed by atoms with van der Waals surface area (Å²) in [5, 5.41) is 15.4. The van der Waals surface area contributed by atoms with Crippen molar-refractivity contribution in [3.8, 4) is 45.3 Å². The Hall–Kier alpha value is -7.71. The van der Waals surface area contributed by atoms with E-state index in [1.54, 1.807) is 0 Å². The van der Waals surface area contributed by atoms with E-state index in [1.807, 2.05) is 23.9 Å². The second-order valence-corrected chi connectivity index (χ2v) is 17.2. The molecule has 2 aliphatic rings. The zero-order valence-corrected chi connectivity index (χ0v) is 33.6. The number of nitriles is 1. The minimum absolute atomic E-state index is 0.442. The normalized spacial score (nSPS) is 13.3. The van der Waals surface area contributed by atoms with Gasteiger partial charge < -0.3 is 4.57 Å². The minimum Gasteiger partial charge on any atom is -0.309 e. The highest BCUT2D eigenvalue weighted by Crippen LogP contribution is 2.63. The Kier molecular flexibility index (Phi) is 7.22. The van der Waals surface area contributed by atoms with Gasteiger partial charge in [-0.3, -0.25) is 0 Å². The molecule has 0 atom stereocenters. The van der Waals surface area contributed by atoms with Crippen molar-refractivity contribution < 1.29 is 0 Å². The average molecular weight is 792 g/mol. The third-order valence-electron chi connectivity index (χ3n) is 13.1. The van der Waals surface area contributed by atoms with Gasteiger partial charge in [-0.1, -0.05) is 163 Å². The van der Waals surface area contributed by atoms with E-state index < -0.39 is 5.41 Å². The number of rotatable bonds is 3. The fourth-order valence-electron chi connectivity index (χ4n) is 10.5. The lowest BCUT2D eigenvalue weighted by molar-refractivity contribution is 0.726. The lowest BCUT2D eigenvalue weighted by atomic mass is 9.67. The number of fused-ring (bicyclic) bond motifs is 16. The molecule has 1 aliphatic heterocycles. The average Bonchev–Trinajstić information content (AvgIpc) is 3.81. The van der Waals surface area contributed by atoms with Crippen LogP contribution >= 0.6 is 11.8 Å². The summed E-state index contributed by atoms with van der Waals surface area (Å²) < 4.78 is 2.29. The molecule has 1 aliphatic carbocycles. The van der Waals surface area contributed by atoms with Gasteiger partial charge >= 0.3 is 0 Å². The van der Waals surface area contributed by atoms with Crippen molar-refractivity contribution in [2.45, 2.75) is 15.2 Å². The summed E-state index contributed by atoms with van der Waals surface area (Å²) in [4.78, 5) is 7.99. The number of benzene rings is 9. The summed E-state index contributed by atoms with van der Waals surface area (Å²) in [6.45, 7) is 0. The number of pyridine rings is 1. The van der Waals surface area contributed by atoms with Crippen LogP contribution in [0.4, 0.5) is 0 Å². The first kappa shape index (κ1) is 34.2. The molecule has 9 aromatic carbocycles. The molecular weight excluding hydrogens is 759 g/mol. The number of nitrogens with zero attached hydrogens (tertiary/aromatic N) is 3. The number of hydrogen-bond acceptors (Lipinski definition) is 3. The molecule has 0 N–H and O–H groups in total. The lowest BCUT2D eigenvalue weighted by Gasteiger charge is -2.40. The second-order valence-electron chi connectivity index (χ2n) is 16.1. The Morgan fingerprint density at radius 1 is 0.475 bits per heavy atom. The Labute approximate surface area is 356 Å². The van der Waals surface area contributed by atoms with Crippen LogP contribution in [0.25, 0.3) is 82.7 Å². The van der Waals surface area contributed by atoms with Gasteiger partial charge in [-0.25, -0.2) is 4.98 Å². The van der Waals surface area contributed by atoms with Crippen molar-refractivity contribution in [3.63, 3.8) is 0 Å². The minimum atomic E-state index is -0.442. The number of aromatic nitrogens is 2. The van der Waals surface area contributed by atoms with Crippen molar-refractivity contribution in [1.82, 2.24) is 9.55 Å². The van der Waals surface area contributed by atoms with E-state index in [9.17, 15) is 5.26 Å². The van der Waals surface area contributed by atoms with E-state index in [0.717, 1.165) is 60.8 Å². The Morgan fingerprint density at radius 3 is 1.84 bits per heavy atom. The predicted octanol–water partition coefficient (Wildman–Crippen LogP) is 14.5. The zero-order valence-electron chi connectivity index (χ0n) is 32.8. The quantitative estimate of drug-likeness (QED) is 0.167. The SMILES string of the molecule is N#Cc1ccc2c(c1)c1ccccc1n2-c1ccc(-c2ccc(-c3nc4ccccc4c4c5c(ccc34)C3(c4ccccc4S5)c4ccccc4-c4ccccc43)cc2)cc1. The molecule has 282 valence electrons. The Balaban J connectivity index is 0.952. The van der Waals surface area contributed by atoms with Gasteiger partial charge in [-0.15, -0.1) is 0 Å². The summed E-state index contributed by atoms with van der Waals surface area (Å²) in [6, 6.07) is 74.8. The zero-order chi connectivity index (χ0) is 40.2. The van der Waals surface area contributed by atoms with Crippen LogP contribution in [0.15, 0.2) is 210 Å². The van der Waals surface area contributed by atoms with Crippen molar-refractivity contribution in [2.24, 2.45) is 0 Å². The molecule has 11 aromatic rings. The standard InChI is InChI=1S/C57H33N3S/c58-34-35-21-32-52-45(33-35)42-13-4-9-19-51(42)60(52)39-28-26-37(27-29-39)36-22-24-38(25-23-36)55-44-30-31-49-56(54(44)43-14-3-8-18-50(43)59-55)61-53-20-10-7-17-48(53)57(49)46-15-5-1-11-40(46)41-12-2-6-16-47(41)57/h1-33H. The third-order valence-corrected chi connectivity index (χ3v) is 14.3. The van der Waals surface area contributed by atoms with E-state index in [-0.39, 0.29) is 0 Å². The molecule has 0 saturated heterocycles. The Morgan fingerprint density at radius 2 is 1.08 bits per heavy atom. The van der Waals surface area contributed by atoms with E-state index >= 15 is 0 Å². The van der Waals surface area contributed by atoms with Crippen LogP contribution < -0.4 is 0 Å². The van der Waals surface area contributed by atoms with E-state index in [2.05, 4.69) is 199 Å². The maximum Gasteiger partial charge on any atom is 0.0991 e. The van der Waals surface area contributed by atoms with Crippen LogP contribution in [0, 0.1) is 11.3 Å². The van der Waals surface area contributed by atoms with Crippen molar-refractivity contribution in [3.05, 3.63) is 228 Å². The monoisotopic (exact) mass is 791 g/mol. The summed E-state index contributed by atoms with van der Waals surface area (Å²) in [5.74, 6) is 0. The lowest BCUT2D eigenvalue weighted by Crippen LogP contribution is -2.32. The Bertz CT molecular complexity index is 3640. The number of hydrogen-bond donors (Lipinski definition) is 0. The van der Waals surface area contributed by atoms with Gasteiger partial charge in [0.1, 0.15) is 0 Å². The van der Waals surface area contributed by atoms with Crippen LogP contribution in [-0.4, -0.2) is 9.55 Å².